The highest BCUT2D eigenvalue weighted by Gasteiger charge is 2.12. The quantitative estimate of drug-likeness (QED) is 0.667. The fourth-order valence-electron chi connectivity index (χ4n) is 2.07. The van der Waals surface area contributed by atoms with Gasteiger partial charge in [0.25, 0.3) is 5.91 Å². The Hall–Kier alpha value is -2.32. The third-order valence-corrected chi connectivity index (χ3v) is 4.11. The molecule has 1 aromatic heterocycles. The summed E-state index contributed by atoms with van der Waals surface area (Å²) in [5, 5.41) is 12.0. The predicted molar refractivity (Wildman–Crippen MR) is 91.2 cm³/mol. The summed E-state index contributed by atoms with van der Waals surface area (Å²) in [6, 6.07) is 11.1. The monoisotopic (exact) mass is 357 g/mol. The van der Waals surface area contributed by atoms with Crippen molar-refractivity contribution in [1.29, 1.82) is 5.26 Å². The molecular formula is C17H16BrN3O. The van der Waals surface area contributed by atoms with Gasteiger partial charge in [-0.05, 0) is 55.8 Å². The molecular weight excluding hydrogens is 342 g/mol. The number of benzene rings is 1. The van der Waals surface area contributed by atoms with Crippen molar-refractivity contribution in [1.82, 2.24) is 4.57 Å². The molecule has 0 radical (unpaired) electrons. The van der Waals surface area contributed by atoms with E-state index in [4.69, 9.17) is 0 Å². The molecule has 0 fully saturated rings. The van der Waals surface area contributed by atoms with Crippen LogP contribution >= 0.6 is 15.9 Å². The summed E-state index contributed by atoms with van der Waals surface area (Å²) in [5.74, 6) is -0.411. The summed E-state index contributed by atoms with van der Waals surface area (Å²) in [4.78, 5) is 12.2. The highest BCUT2D eigenvalue weighted by atomic mass is 79.9. The van der Waals surface area contributed by atoms with Crippen molar-refractivity contribution in [2.45, 2.75) is 13.8 Å². The first kappa shape index (κ1) is 16.1. The number of aromatic nitrogens is 1. The van der Waals surface area contributed by atoms with E-state index in [0.717, 1.165) is 21.4 Å². The average molecular weight is 358 g/mol. The fraction of sp³-hybridized carbons (Fsp3) is 0.176. The minimum atomic E-state index is -0.411. The van der Waals surface area contributed by atoms with Gasteiger partial charge >= 0.3 is 0 Å². The first-order chi connectivity index (χ1) is 10.4. The van der Waals surface area contributed by atoms with Crippen LogP contribution in [0.4, 0.5) is 5.69 Å². The highest BCUT2D eigenvalue weighted by molar-refractivity contribution is 9.10. The number of hydrogen-bond donors (Lipinski definition) is 1. The number of anilines is 1. The van der Waals surface area contributed by atoms with E-state index in [2.05, 4.69) is 21.2 Å². The lowest BCUT2D eigenvalue weighted by atomic mass is 10.1. The maximum atomic E-state index is 12.2. The molecule has 0 aliphatic rings. The number of carbonyl (C=O) groups is 1. The number of aryl methyl sites for hydroxylation is 1. The lowest BCUT2D eigenvalue weighted by Gasteiger charge is -2.04. The van der Waals surface area contributed by atoms with Crippen molar-refractivity contribution in [3.8, 4) is 6.07 Å². The molecule has 0 saturated carbocycles. The Morgan fingerprint density at radius 2 is 1.95 bits per heavy atom. The Balaban J connectivity index is 2.25. The first-order valence-electron chi connectivity index (χ1n) is 6.74. The minimum absolute atomic E-state index is 0.0802. The third-order valence-electron chi connectivity index (χ3n) is 3.58. The van der Waals surface area contributed by atoms with Gasteiger partial charge in [0.05, 0.1) is 0 Å². The minimum Gasteiger partial charge on any atom is -0.352 e. The number of carbonyl (C=O) groups excluding carboxylic acids is 1. The van der Waals surface area contributed by atoms with Crippen LogP contribution < -0.4 is 5.32 Å². The first-order valence-corrected chi connectivity index (χ1v) is 7.53. The van der Waals surface area contributed by atoms with Crippen molar-refractivity contribution in [3.63, 3.8) is 0 Å². The van der Waals surface area contributed by atoms with Gasteiger partial charge < -0.3 is 9.88 Å². The second-order valence-corrected chi connectivity index (χ2v) is 5.93. The van der Waals surface area contributed by atoms with Crippen molar-refractivity contribution >= 4 is 33.6 Å². The zero-order valence-corrected chi connectivity index (χ0v) is 14.2. The summed E-state index contributed by atoms with van der Waals surface area (Å²) >= 11 is 3.34. The number of nitriles is 1. The largest absolute Gasteiger partial charge is 0.352 e. The zero-order valence-electron chi connectivity index (χ0n) is 12.6. The van der Waals surface area contributed by atoms with Gasteiger partial charge in [0.15, 0.2) is 0 Å². The van der Waals surface area contributed by atoms with E-state index in [1.54, 1.807) is 18.2 Å². The molecule has 0 bridgehead atoms. The lowest BCUT2D eigenvalue weighted by molar-refractivity contribution is -0.112. The molecule has 5 heteroatoms. The maximum Gasteiger partial charge on any atom is 0.266 e. The molecule has 2 rings (SSSR count). The van der Waals surface area contributed by atoms with Gasteiger partial charge in [-0.1, -0.05) is 15.9 Å². The summed E-state index contributed by atoms with van der Waals surface area (Å²) in [6.45, 7) is 3.94. The normalized spacial score (nSPS) is 11.1. The maximum absolute atomic E-state index is 12.2. The number of amides is 1. The third kappa shape index (κ3) is 3.46. The van der Waals surface area contributed by atoms with Crippen LogP contribution in [0.25, 0.3) is 6.08 Å². The van der Waals surface area contributed by atoms with Crippen LogP contribution in [-0.2, 0) is 11.8 Å². The van der Waals surface area contributed by atoms with Crippen LogP contribution in [0.5, 0.6) is 0 Å². The molecule has 4 nitrogen and oxygen atoms in total. The van der Waals surface area contributed by atoms with Gasteiger partial charge in [-0.3, -0.25) is 4.79 Å². The molecule has 1 heterocycles. The second kappa shape index (κ2) is 6.63. The molecule has 0 aliphatic heterocycles. The number of halogens is 1. The van der Waals surface area contributed by atoms with E-state index >= 15 is 0 Å². The molecule has 0 aliphatic carbocycles. The van der Waals surface area contributed by atoms with Crippen molar-refractivity contribution in [2.75, 3.05) is 5.32 Å². The van der Waals surface area contributed by atoms with E-state index in [1.165, 1.54) is 0 Å². The topological polar surface area (TPSA) is 57.8 Å². The molecule has 1 aromatic carbocycles. The Labute approximate surface area is 138 Å². The molecule has 22 heavy (non-hydrogen) atoms. The second-order valence-electron chi connectivity index (χ2n) is 5.02. The van der Waals surface area contributed by atoms with Crippen molar-refractivity contribution in [3.05, 3.63) is 57.3 Å². The zero-order chi connectivity index (χ0) is 16.3. The standard InChI is InChI=1S/C17H16BrN3O/c1-11-8-13(12(2)21(11)3)9-14(10-19)17(22)20-16-6-4-15(18)5-7-16/h4-9H,1-3H3,(H,20,22)/b14-9+. The van der Waals surface area contributed by atoms with Crippen LogP contribution in [0.2, 0.25) is 0 Å². The fourth-order valence-corrected chi connectivity index (χ4v) is 2.33. The van der Waals surface area contributed by atoms with Crippen molar-refractivity contribution < 1.29 is 4.79 Å². The lowest BCUT2D eigenvalue weighted by Crippen LogP contribution is -2.13. The van der Waals surface area contributed by atoms with Gasteiger partial charge in [0.2, 0.25) is 0 Å². The molecule has 0 spiro atoms. The van der Waals surface area contributed by atoms with Gasteiger partial charge in [0.1, 0.15) is 11.6 Å². The van der Waals surface area contributed by atoms with E-state index in [9.17, 15) is 10.1 Å². The molecule has 0 saturated heterocycles. The van der Waals surface area contributed by atoms with Crippen molar-refractivity contribution in [2.24, 2.45) is 7.05 Å². The molecule has 2 aromatic rings. The van der Waals surface area contributed by atoms with Gasteiger partial charge in [0, 0.05) is 28.6 Å². The van der Waals surface area contributed by atoms with E-state index in [-0.39, 0.29) is 5.57 Å². The average Bonchev–Trinajstić information content (AvgIpc) is 2.74. The number of nitrogens with one attached hydrogen (secondary N) is 1. The van der Waals surface area contributed by atoms with Gasteiger partial charge in [-0.25, -0.2) is 0 Å². The van der Waals surface area contributed by atoms with Crippen LogP contribution in [0.1, 0.15) is 17.0 Å². The summed E-state index contributed by atoms with van der Waals surface area (Å²) < 4.78 is 2.95. The molecule has 112 valence electrons. The Bertz CT molecular complexity index is 779. The summed E-state index contributed by atoms with van der Waals surface area (Å²) in [6.07, 6.45) is 1.62. The van der Waals surface area contributed by atoms with Crippen LogP contribution in [0.15, 0.2) is 40.4 Å². The summed E-state index contributed by atoms with van der Waals surface area (Å²) in [7, 11) is 1.95. The predicted octanol–water partition coefficient (Wildman–Crippen LogP) is 3.95. The van der Waals surface area contributed by atoms with Crippen LogP contribution in [0.3, 0.4) is 0 Å². The Morgan fingerprint density at radius 3 is 2.45 bits per heavy atom. The number of hydrogen-bond acceptors (Lipinski definition) is 2. The van der Waals surface area contributed by atoms with Gasteiger partial charge in [-0.2, -0.15) is 5.26 Å². The van der Waals surface area contributed by atoms with Crippen LogP contribution in [0, 0.1) is 25.2 Å². The molecule has 1 N–H and O–H groups in total. The Kier molecular flexibility index (Phi) is 4.84. The number of rotatable bonds is 3. The molecule has 0 atom stereocenters. The van der Waals surface area contributed by atoms with E-state index < -0.39 is 5.91 Å². The highest BCUT2D eigenvalue weighted by Crippen LogP contribution is 2.18. The van der Waals surface area contributed by atoms with Crippen LogP contribution in [-0.4, -0.2) is 10.5 Å². The molecule has 0 unspecified atom stereocenters. The van der Waals surface area contributed by atoms with E-state index in [1.807, 2.05) is 49.7 Å². The molecule has 1 amide bonds. The smallest absolute Gasteiger partial charge is 0.266 e. The van der Waals surface area contributed by atoms with Gasteiger partial charge in [-0.15, -0.1) is 0 Å². The SMILES string of the molecule is Cc1cc(/C=C(\C#N)C(=O)Nc2ccc(Br)cc2)c(C)n1C. The number of nitrogens with zero attached hydrogens (tertiary/aromatic N) is 2. The Morgan fingerprint density at radius 1 is 1.32 bits per heavy atom. The summed E-state index contributed by atoms with van der Waals surface area (Å²) in [5.41, 5.74) is 3.70. The van der Waals surface area contributed by atoms with E-state index in [0.29, 0.717) is 5.69 Å².